The zero-order valence-corrected chi connectivity index (χ0v) is 12.4. The van der Waals surface area contributed by atoms with Crippen molar-refractivity contribution in [3.8, 4) is 0 Å². The first-order valence-electron chi connectivity index (χ1n) is 6.61. The fraction of sp³-hybridized carbons (Fsp3) is 0.846. The molecule has 0 radical (unpaired) electrons. The Hall–Kier alpha value is -0.123. The molecule has 0 fully saturated rings. The molecule has 96 valence electrons. The van der Waals surface area contributed by atoms with Crippen molar-refractivity contribution in [3.05, 3.63) is 12.2 Å². The van der Waals surface area contributed by atoms with Crippen molar-refractivity contribution in [1.29, 1.82) is 0 Å². The SMILES string of the molecule is CCCCC=CCC[Si](C)(OCC)OCC. The third-order valence-corrected chi connectivity index (χ3v) is 5.55. The molecule has 0 saturated heterocycles. The molecule has 0 rings (SSSR count). The maximum Gasteiger partial charge on any atom is 0.335 e. The van der Waals surface area contributed by atoms with Gasteiger partial charge in [0.05, 0.1) is 0 Å². The summed E-state index contributed by atoms with van der Waals surface area (Å²) in [6, 6.07) is 1.07. The van der Waals surface area contributed by atoms with E-state index in [4.69, 9.17) is 8.85 Å². The normalized spacial score (nSPS) is 12.5. The fourth-order valence-electron chi connectivity index (χ4n) is 1.70. The van der Waals surface area contributed by atoms with Crippen LogP contribution in [0.5, 0.6) is 0 Å². The van der Waals surface area contributed by atoms with Crippen LogP contribution in [0.1, 0.15) is 46.5 Å². The number of unbranched alkanes of at least 4 members (excludes halogenated alkanes) is 2. The lowest BCUT2D eigenvalue weighted by molar-refractivity contribution is 0.189. The van der Waals surface area contributed by atoms with Crippen LogP contribution in [-0.2, 0) is 8.85 Å². The van der Waals surface area contributed by atoms with Crippen molar-refractivity contribution < 1.29 is 8.85 Å². The standard InChI is InChI=1S/C13H28O2Si/c1-5-8-9-10-11-12-13-16(4,14-6-2)15-7-3/h10-11H,5-9,12-13H2,1-4H3. The second-order valence-corrected chi connectivity index (χ2v) is 7.50. The molecular weight excluding hydrogens is 216 g/mol. The van der Waals surface area contributed by atoms with Crippen LogP contribution in [0.2, 0.25) is 12.6 Å². The zero-order valence-electron chi connectivity index (χ0n) is 11.4. The molecule has 0 bridgehead atoms. The summed E-state index contributed by atoms with van der Waals surface area (Å²) < 4.78 is 11.6. The minimum Gasteiger partial charge on any atom is -0.395 e. The molecule has 16 heavy (non-hydrogen) atoms. The second-order valence-electron chi connectivity index (χ2n) is 4.15. The van der Waals surface area contributed by atoms with Crippen molar-refractivity contribution >= 4 is 8.56 Å². The fourth-order valence-corrected chi connectivity index (χ4v) is 3.98. The van der Waals surface area contributed by atoms with E-state index in [1.165, 1.54) is 19.3 Å². The van der Waals surface area contributed by atoms with Crippen molar-refractivity contribution in [3.63, 3.8) is 0 Å². The quantitative estimate of drug-likeness (QED) is 0.325. The van der Waals surface area contributed by atoms with E-state index in [-0.39, 0.29) is 0 Å². The molecule has 0 aliphatic rings. The molecule has 0 aromatic heterocycles. The van der Waals surface area contributed by atoms with Crippen LogP contribution in [0.3, 0.4) is 0 Å². The Balaban J connectivity index is 3.79. The molecule has 0 atom stereocenters. The van der Waals surface area contributed by atoms with Gasteiger partial charge in [-0.15, -0.1) is 0 Å². The summed E-state index contributed by atoms with van der Waals surface area (Å²) >= 11 is 0. The highest BCUT2D eigenvalue weighted by molar-refractivity contribution is 6.66. The van der Waals surface area contributed by atoms with Gasteiger partial charge in [0.25, 0.3) is 0 Å². The maximum atomic E-state index is 5.78. The third-order valence-electron chi connectivity index (χ3n) is 2.56. The van der Waals surface area contributed by atoms with E-state index in [1.807, 2.05) is 13.8 Å². The highest BCUT2D eigenvalue weighted by Crippen LogP contribution is 2.16. The van der Waals surface area contributed by atoms with Gasteiger partial charge in [0.15, 0.2) is 0 Å². The lowest BCUT2D eigenvalue weighted by Gasteiger charge is -2.25. The summed E-state index contributed by atoms with van der Waals surface area (Å²) in [4.78, 5) is 0. The molecular formula is C13H28O2Si. The first-order valence-corrected chi connectivity index (χ1v) is 9.13. The van der Waals surface area contributed by atoms with Gasteiger partial charge in [-0.05, 0) is 39.3 Å². The lowest BCUT2D eigenvalue weighted by atomic mass is 10.2. The van der Waals surface area contributed by atoms with Crippen molar-refractivity contribution in [2.75, 3.05) is 13.2 Å². The molecule has 0 aromatic rings. The smallest absolute Gasteiger partial charge is 0.335 e. The Bertz CT molecular complexity index is 175. The van der Waals surface area contributed by atoms with E-state index < -0.39 is 8.56 Å². The predicted octanol–water partition coefficient (Wildman–Crippen LogP) is 4.27. The van der Waals surface area contributed by atoms with Gasteiger partial charge in [0.1, 0.15) is 0 Å². The van der Waals surface area contributed by atoms with Gasteiger partial charge in [-0.25, -0.2) is 0 Å². The monoisotopic (exact) mass is 244 g/mol. The average Bonchev–Trinajstić information content (AvgIpc) is 2.24. The van der Waals surface area contributed by atoms with Gasteiger partial charge in [0.2, 0.25) is 0 Å². The van der Waals surface area contributed by atoms with Crippen LogP contribution in [-0.4, -0.2) is 21.8 Å². The van der Waals surface area contributed by atoms with Gasteiger partial charge in [-0.3, -0.25) is 0 Å². The van der Waals surface area contributed by atoms with E-state index in [1.54, 1.807) is 0 Å². The van der Waals surface area contributed by atoms with Gasteiger partial charge >= 0.3 is 8.56 Å². The minimum atomic E-state index is -1.87. The van der Waals surface area contributed by atoms with Gasteiger partial charge in [0, 0.05) is 13.2 Å². The van der Waals surface area contributed by atoms with Gasteiger partial charge in [-0.1, -0.05) is 31.9 Å². The molecule has 0 saturated carbocycles. The van der Waals surface area contributed by atoms with Crippen molar-refractivity contribution in [2.24, 2.45) is 0 Å². The highest BCUT2D eigenvalue weighted by atomic mass is 28.4. The van der Waals surface area contributed by atoms with Crippen LogP contribution < -0.4 is 0 Å². The van der Waals surface area contributed by atoms with Crippen LogP contribution in [0.15, 0.2) is 12.2 Å². The van der Waals surface area contributed by atoms with Crippen molar-refractivity contribution in [1.82, 2.24) is 0 Å². The van der Waals surface area contributed by atoms with E-state index in [0.29, 0.717) is 0 Å². The zero-order chi connectivity index (χ0) is 12.3. The summed E-state index contributed by atoms with van der Waals surface area (Å²) in [6.45, 7) is 10.0. The van der Waals surface area contributed by atoms with Gasteiger partial charge < -0.3 is 8.85 Å². The summed E-state index contributed by atoms with van der Waals surface area (Å²) in [5, 5.41) is 0. The van der Waals surface area contributed by atoms with Crippen LogP contribution in [0.4, 0.5) is 0 Å². The molecule has 0 spiro atoms. The Morgan fingerprint density at radius 1 is 0.938 bits per heavy atom. The van der Waals surface area contributed by atoms with E-state index in [9.17, 15) is 0 Å². The first-order chi connectivity index (χ1) is 7.68. The van der Waals surface area contributed by atoms with Gasteiger partial charge in [-0.2, -0.15) is 0 Å². The minimum absolute atomic E-state index is 0.766. The topological polar surface area (TPSA) is 18.5 Å². The van der Waals surface area contributed by atoms with E-state index in [2.05, 4.69) is 25.6 Å². The number of hydrogen-bond donors (Lipinski definition) is 0. The second kappa shape index (κ2) is 10.1. The molecule has 0 heterocycles. The van der Waals surface area contributed by atoms with Crippen LogP contribution in [0.25, 0.3) is 0 Å². The molecule has 2 nitrogen and oxygen atoms in total. The molecule has 0 aliphatic carbocycles. The van der Waals surface area contributed by atoms with Crippen LogP contribution in [0, 0.1) is 0 Å². The molecule has 0 N–H and O–H groups in total. The summed E-state index contributed by atoms with van der Waals surface area (Å²) in [7, 11) is -1.87. The Kier molecular flexibility index (Phi) is 9.98. The Morgan fingerprint density at radius 3 is 2.00 bits per heavy atom. The summed E-state index contributed by atoms with van der Waals surface area (Å²) in [5.41, 5.74) is 0. The Labute approximate surface area is 102 Å². The summed E-state index contributed by atoms with van der Waals surface area (Å²) in [6.07, 6.45) is 9.43. The molecule has 0 aromatic carbocycles. The number of rotatable bonds is 10. The van der Waals surface area contributed by atoms with E-state index >= 15 is 0 Å². The lowest BCUT2D eigenvalue weighted by Crippen LogP contribution is -2.38. The highest BCUT2D eigenvalue weighted by Gasteiger charge is 2.29. The maximum absolute atomic E-state index is 5.78. The third kappa shape index (κ3) is 8.08. The molecule has 0 aliphatic heterocycles. The average molecular weight is 244 g/mol. The molecule has 0 amide bonds. The molecule has 0 unspecified atom stereocenters. The van der Waals surface area contributed by atoms with Crippen LogP contribution >= 0.6 is 0 Å². The predicted molar refractivity (Wildman–Crippen MR) is 73.0 cm³/mol. The summed E-state index contributed by atoms with van der Waals surface area (Å²) in [5.74, 6) is 0. The number of hydrogen-bond acceptors (Lipinski definition) is 2. The largest absolute Gasteiger partial charge is 0.395 e. The van der Waals surface area contributed by atoms with E-state index in [0.717, 1.165) is 25.7 Å². The van der Waals surface area contributed by atoms with Crippen molar-refractivity contribution in [2.45, 2.75) is 59.0 Å². The number of allylic oxidation sites excluding steroid dienone is 2. The Morgan fingerprint density at radius 2 is 1.50 bits per heavy atom. The first kappa shape index (κ1) is 15.9. The molecule has 3 heteroatoms.